The van der Waals surface area contributed by atoms with Crippen molar-refractivity contribution >= 4 is 40.7 Å². The second-order valence-corrected chi connectivity index (χ2v) is 6.42. The highest BCUT2D eigenvalue weighted by atomic mass is 32.2. The number of hydrogen-bond acceptors (Lipinski definition) is 5. The van der Waals surface area contributed by atoms with E-state index in [-0.39, 0.29) is 11.4 Å². The van der Waals surface area contributed by atoms with Crippen LogP contribution in [0.1, 0.15) is 4.88 Å². The molecule has 23 heavy (non-hydrogen) atoms. The molecule has 0 spiro atoms. The largest absolute Gasteiger partial charge is 0.455 e. The van der Waals surface area contributed by atoms with E-state index in [1.165, 1.54) is 11.8 Å². The summed E-state index contributed by atoms with van der Waals surface area (Å²) >= 11 is 2.98. The first-order valence-corrected chi connectivity index (χ1v) is 8.58. The molecular formula is C15H13F2NO3S2. The van der Waals surface area contributed by atoms with E-state index < -0.39 is 30.1 Å². The van der Waals surface area contributed by atoms with Gasteiger partial charge in [-0.05, 0) is 23.6 Å². The maximum atomic E-state index is 13.3. The lowest BCUT2D eigenvalue weighted by atomic mass is 10.3. The molecule has 1 heterocycles. The number of ether oxygens (including phenoxy) is 1. The van der Waals surface area contributed by atoms with Crippen molar-refractivity contribution in [2.45, 2.75) is 5.75 Å². The van der Waals surface area contributed by atoms with Gasteiger partial charge in [0.1, 0.15) is 11.6 Å². The molecule has 0 aliphatic heterocycles. The molecule has 2 aromatic rings. The summed E-state index contributed by atoms with van der Waals surface area (Å²) in [6, 6.07) is 6.67. The zero-order chi connectivity index (χ0) is 16.7. The summed E-state index contributed by atoms with van der Waals surface area (Å²) in [4.78, 5) is 24.2. The molecule has 1 N–H and O–H groups in total. The zero-order valence-corrected chi connectivity index (χ0v) is 13.5. The number of nitrogens with one attached hydrogen (secondary N) is 1. The summed E-state index contributed by atoms with van der Waals surface area (Å²) in [6.07, 6.45) is 0. The fraction of sp³-hybridized carbons (Fsp3) is 0.200. The molecule has 8 heteroatoms. The fourth-order valence-corrected chi connectivity index (χ4v) is 3.26. The summed E-state index contributed by atoms with van der Waals surface area (Å²) in [5.74, 6) is -2.03. The Morgan fingerprint density at radius 1 is 1.26 bits per heavy atom. The van der Waals surface area contributed by atoms with E-state index in [9.17, 15) is 18.4 Å². The summed E-state index contributed by atoms with van der Waals surface area (Å²) < 4.78 is 30.9. The number of benzene rings is 1. The van der Waals surface area contributed by atoms with Crippen LogP contribution in [0, 0.1) is 11.6 Å². The minimum atomic E-state index is -0.892. The van der Waals surface area contributed by atoms with Gasteiger partial charge in [0.2, 0.25) is 0 Å². The Morgan fingerprint density at radius 3 is 2.78 bits per heavy atom. The molecule has 122 valence electrons. The molecule has 0 aliphatic carbocycles. The van der Waals surface area contributed by atoms with Crippen LogP contribution < -0.4 is 5.32 Å². The Bertz CT molecular complexity index is 677. The molecule has 0 radical (unpaired) electrons. The first-order chi connectivity index (χ1) is 11.0. The summed E-state index contributed by atoms with van der Waals surface area (Å²) in [7, 11) is 0. The highest BCUT2D eigenvalue weighted by Gasteiger charge is 2.11. The Morgan fingerprint density at radius 2 is 2.09 bits per heavy atom. The van der Waals surface area contributed by atoms with E-state index in [0.29, 0.717) is 11.8 Å². The predicted octanol–water partition coefficient (Wildman–Crippen LogP) is 3.44. The smallest absolute Gasteiger partial charge is 0.316 e. The Balaban J connectivity index is 1.68. The zero-order valence-electron chi connectivity index (χ0n) is 11.9. The van der Waals surface area contributed by atoms with Gasteiger partial charge in [0.15, 0.2) is 6.61 Å². The number of hydrogen-bond donors (Lipinski definition) is 1. The van der Waals surface area contributed by atoms with Crippen LogP contribution in [0.25, 0.3) is 0 Å². The van der Waals surface area contributed by atoms with E-state index in [1.807, 2.05) is 17.5 Å². The molecular weight excluding hydrogens is 344 g/mol. The highest BCUT2D eigenvalue weighted by Crippen LogP contribution is 2.17. The van der Waals surface area contributed by atoms with Crippen molar-refractivity contribution in [3.05, 3.63) is 52.2 Å². The van der Waals surface area contributed by atoms with Gasteiger partial charge < -0.3 is 10.1 Å². The Kier molecular flexibility index (Phi) is 6.54. The topological polar surface area (TPSA) is 55.4 Å². The first-order valence-electron chi connectivity index (χ1n) is 6.55. The van der Waals surface area contributed by atoms with E-state index >= 15 is 0 Å². The van der Waals surface area contributed by atoms with Crippen LogP contribution >= 0.6 is 23.1 Å². The van der Waals surface area contributed by atoms with Gasteiger partial charge in [0, 0.05) is 16.7 Å². The number of rotatable bonds is 7. The maximum absolute atomic E-state index is 13.3. The lowest BCUT2D eigenvalue weighted by Gasteiger charge is -2.07. The van der Waals surface area contributed by atoms with Crippen LogP contribution in [0.4, 0.5) is 14.5 Å². The van der Waals surface area contributed by atoms with E-state index in [0.717, 1.165) is 17.0 Å². The molecule has 0 bridgehead atoms. The van der Waals surface area contributed by atoms with Crippen molar-refractivity contribution in [1.82, 2.24) is 0 Å². The average Bonchev–Trinajstić information content (AvgIpc) is 3.01. The number of esters is 1. The number of thiophene rings is 1. The average molecular weight is 357 g/mol. The van der Waals surface area contributed by atoms with Gasteiger partial charge in [0.25, 0.3) is 5.91 Å². The number of amides is 1. The van der Waals surface area contributed by atoms with Gasteiger partial charge in [-0.15, -0.1) is 23.1 Å². The van der Waals surface area contributed by atoms with Gasteiger partial charge in [-0.2, -0.15) is 0 Å². The van der Waals surface area contributed by atoms with Crippen molar-refractivity contribution in [2.75, 3.05) is 17.7 Å². The predicted molar refractivity (Wildman–Crippen MR) is 86.4 cm³/mol. The molecule has 1 amide bonds. The number of carbonyl (C=O) groups is 2. The molecule has 0 atom stereocenters. The molecule has 0 saturated heterocycles. The lowest BCUT2D eigenvalue weighted by molar-refractivity contribution is -0.144. The quantitative estimate of drug-likeness (QED) is 0.771. The molecule has 0 unspecified atom stereocenters. The first kappa shape index (κ1) is 17.4. The highest BCUT2D eigenvalue weighted by molar-refractivity contribution is 7.99. The fourth-order valence-electron chi connectivity index (χ4n) is 1.59. The van der Waals surface area contributed by atoms with Crippen LogP contribution in [0.5, 0.6) is 0 Å². The minimum Gasteiger partial charge on any atom is -0.455 e. The number of halogens is 2. The standard InChI is InChI=1S/C15H13F2NO3S2/c16-10-3-4-13(12(17)6-10)18-14(19)7-21-15(20)9-22-8-11-2-1-5-23-11/h1-6H,7-9H2,(H,18,19). The van der Waals surface area contributed by atoms with Gasteiger partial charge in [-0.25, -0.2) is 8.78 Å². The SMILES string of the molecule is O=C(COC(=O)CSCc1cccs1)Nc1ccc(F)cc1F. The molecule has 4 nitrogen and oxygen atoms in total. The van der Waals surface area contributed by atoms with Crippen LogP contribution in [0.2, 0.25) is 0 Å². The molecule has 1 aromatic carbocycles. The number of thioether (sulfide) groups is 1. The molecule has 2 rings (SSSR count). The van der Waals surface area contributed by atoms with Gasteiger partial charge in [-0.1, -0.05) is 6.07 Å². The van der Waals surface area contributed by atoms with Crippen LogP contribution in [0.15, 0.2) is 35.7 Å². The van der Waals surface area contributed by atoms with Crippen molar-refractivity contribution in [1.29, 1.82) is 0 Å². The van der Waals surface area contributed by atoms with Crippen LogP contribution in [-0.2, 0) is 20.1 Å². The van der Waals surface area contributed by atoms with Gasteiger partial charge in [0.05, 0.1) is 11.4 Å². The third-order valence-corrected chi connectivity index (χ3v) is 4.63. The summed E-state index contributed by atoms with van der Waals surface area (Å²) in [5.41, 5.74) is -0.167. The second-order valence-electron chi connectivity index (χ2n) is 4.41. The van der Waals surface area contributed by atoms with Crippen LogP contribution in [0.3, 0.4) is 0 Å². The number of anilines is 1. The molecule has 0 saturated carbocycles. The minimum absolute atomic E-state index is 0.121. The van der Waals surface area contributed by atoms with Crippen LogP contribution in [-0.4, -0.2) is 24.2 Å². The summed E-state index contributed by atoms with van der Waals surface area (Å²) in [5, 5.41) is 4.16. The third kappa shape index (κ3) is 5.99. The van der Waals surface area contributed by atoms with Crippen molar-refractivity contribution in [3.8, 4) is 0 Å². The normalized spacial score (nSPS) is 10.3. The van der Waals surface area contributed by atoms with Crippen molar-refractivity contribution < 1.29 is 23.1 Å². The van der Waals surface area contributed by atoms with E-state index in [4.69, 9.17) is 4.74 Å². The third-order valence-electron chi connectivity index (χ3n) is 2.61. The van der Waals surface area contributed by atoms with Gasteiger partial charge >= 0.3 is 5.97 Å². The second kappa shape index (κ2) is 8.64. The van der Waals surface area contributed by atoms with E-state index in [1.54, 1.807) is 11.3 Å². The molecule has 0 fully saturated rings. The summed E-state index contributed by atoms with van der Waals surface area (Å²) in [6.45, 7) is -0.519. The Labute approximate surface area is 139 Å². The van der Waals surface area contributed by atoms with Crippen molar-refractivity contribution in [2.24, 2.45) is 0 Å². The molecule has 1 aromatic heterocycles. The molecule has 0 aliphatic rings. The maximum Gasteiger partial charge on any atom is 0.316 e. The van der Waals surface area contributed by atoms with Gasteiger partial charge in [-0.3, -0.25) is 9.59 Å². The van der Waals surface area contributed by atoms with Crippen molar-refractivity contribution in [3.63, 3.8) is 0 Å². The Hall–Kier alpha value is -1.93. The number of carbonyl (C=O) groups excluding carboxylic acids is 2. The van der Waals surface area contributed by atoms with E-state index in [2.05, 4.69) is 5.32 Å². The monoisotopic (exact) mass is 357 g/mol. The lowest BCUT2D eigenvalue weighted by Crippen LogP contribution is -2.22.